The summed E-state index contributed by atoms with van der Waals surface area (Å²) < 4.78 is 5.70. The number of aromatic nitrogens is 2. The number of carboxylic acids is 1. The number of fused-ring (bicyclic) bond motifs is 1. The second-order valence-corrected chi connectivity index (χ2v) is 11.2. The molecule has 2 amide bonds. The molecule has 3 aromatic rings. The van der Waals surface area contributed by atoms with Gasteiger partial charge in [0.2, 0.25) is 0 Å². The molecule has 40 heavy (non-hydrogen) atoms. The molecule has 0 spiro atoms. The number of thiazole rings is 1. The van der Waals surface area contributed by atoms with Gasteiger partial charge < -0.3 is 35.6 Å². The highest BCUT2D eigenvalue weighted by atomic mass is 32.2. The molecule has 208 valence electrons. The molecule has 2 atom stereocenters. The molecule has 17 heteroatoms. The van der Waals surface area contributed by atoms with Crippen molar-refractivity contribution < 1.29 is 39.0 Å². The normalized spacial score (nSPS) is 18.8. The lowest BCUT2D eigenvalue weighted by Crippen LogP contribution is -2.71. The number of carbonyl (C=O) groups excluding carboxylic acids is 2. The number of hydrogen-bond acceptors (Lipinski definition) is 14. The monoisotopic (exact) mass is 604 g/mol. The number of thioether (sulfide) groups is 2. The van der Waals surface area contributed by atoms with Crippen molar-refractivity contribution in [3.05, 3.63) is 46.7 Å². The SMILES string of the molecule is CON=C(C(=O)N[C@@H]1C(=O)N2C(C(=O)O)=C(CSc3ncc(-c4ccc(O)c(O)c4)o3)CS[C@@H]12)c1csc(N)n1. The van der Waals surface area contributed by atoms with E-state index in [9.17, 15) is 29.7 Å². The standard InChI is InChI=1S/C23H20N6O8S3/c1-36-28-15(11-8-39-22(24)26-11)18(32)27-16-19(33)29-17(21(34)35)10(6-38-20(16)29)7-40-23-25-5-14(37-23)9-2-3-12(30)13(31)4-9/h2-5,8,16,20,30-31H,6-7H2,1H3,(H2,24,26)(H,27,32)(H,34,35)/t16-,20+/m1/s1. The molecule has 5 rings (SSSR count). The predicted molar refractivity (Wildman–Crippen MR) is 146 cm³/mol. The van der Waals surface area contributed by atoms with E-state index in [1.807, 2.05) is 0 Å². The minimum absolute atomic E-state index is 0.153. The topological polar surface area (TPSA) is 214 Å². The third-order valence-electron chi connectivity index (χ3n) is 5.81. The van der Waals surface area contributed by atoms with Gasteiger partial charge in [-0.25, -0.2) is 14.8 Å². The highest BCUT2D eigenvalue weighted by Gasteiger charge is 2.54. The maximum absolute atomic E-state index is 13.0. The van der Waals surface area contributed by atoms with Crippen LogP contribution in [-0.4, -0.2) is 83.7 Å². The minimum Gasteiger partial charge on any atom is -0.504 e. The molecule has 0 unspecified atom stereocenters. The van der Waals surface area contributed by atoms with Crippen molar-refractivity contribution >= 4 is 63.5 Å². The van der Waals surface area contributed by atoms with Gasteiger partial charge in [-0.1, -0.05) is 16.9 Å². The van der Waals surface area contributed by atoms with Gasteiger partial charge in [-0.2, -0.15) is 0 Å². The van der Waals surface area contributed by atoms with E-state index in [1.165, 1.54) is 42.6 Å². The third-order valence-corrected chi connectivity index (χ3v) is 8.75. The van der Waals surface area contributed by atoms with E-state index >= 15 is 0 Å². The molecule has 0 saturated carbocycles. The van der Waals surface area contributed by atoms with Gasteiger partial charge in [0, 0.05) is 22.4 Å². The van der Waals surface area contributed by atoms with Gasteiger partial charge in [0.1, 0.15) is 29.9 Å². The van der Waals surface area contributed by atoms with Gasteiger partial charge in [-0.15, -0.1) is 23.1 Å². The molecular formula is C23H20N6O8S3. The van der Waals surface area contributed by atoms with Crippen LogP contribution in [0.1, 0.15) is 5.69 Å². The number of rotatable bonds is 9. The highest BCUT2D eigenvalue weighted by molar-refractivity contribution is 8.01. The number of nitrogen functional groups attached to an aromatic ring is 1. The number of β-lactam (4-membered cyclic amide) rings is 1. The first-order valence-corrected chi connectivity index (χ1v) is 14.2. The summed E-state index contributed by atoms with van der Waals surface area (Å²) in [5, 5.41) is 36.8. The molecule has 14 nitrogen and oxygen atoms in total. The Bertz CT molecular complexity index is 1570. The summed E-state index contributed by atoms with van der Waals surface area (Å²) in [7, 11) is 1.26. The van der Waals surface area contributed by atoms with Crippen LogP contribution in [0, 0.1) is 0 Å². The molecule has 2 aliphatic heterocycles. The van der Waals surface area contributed by atoms with Gasteiger partial charge in [-0.05, 0) is 23.8 Å². The summed E-state index contributed by atoms with van der Waals surface area (Å²) in [6, 6.07) is 3.22. The minimum atomic E-state index is -1.27. The molecule has 0 radical (unpaired) electrons. The number of benzene rings is 1. The fourth-order valence-corrected chi connectivity index (χ4v) is 6.82. The van der Waals surface area contributed by atoms with Crippen molar-refractivity contribution in [2.45, 2.75) is 16.6 Å². The summed E-state index contributed by atoms with van der Waals surface area (Å²) >= 11 is 3.56. The second kappa shape index (κ2) is 11.1. The van der Waals surface area contributed by atoms with Gasteiger partial charge in [0.05, 0.1) is 6.20 Å². The summed E-state index contributed by atoms with van der Waals surface area (Å²) in [5.41, 5.74) is 6.49. The van der Waals surface area contributed by atoms with Gasteiger partial charge in [0.25, 0.3) is 17.0 Å². The Hall–Kier alpha value is -4.22. The second-order valence-electron chi connectivity index (χ2n) is 8.29. The van der Waals surface area contributed by atoms with E-state index < -0.39 is 29.2 Å². The summed E-state index contributed by atoms with van der Waals surface area (Å²) in [6.07, 6.45) is 1.44. The number of phenols is 2. The Balaban J connectivity index is 1.28. The van der Waals surface area contributed by atoms with E-state index in [2.05, 4.69) is 20.4 Å². The van der Waals surface area contributed by atoms with Crippen LogP contribution >= 0.6 is 34.9 Å². The molecule has 0 bridgehead atoms. The zero-order valence-corrected chi connectivity index (χ0v) is 22.9. The van der Waals surface area contributed by atoms with Crippen LogP contribution in [0.2, 0.25) is 0 Å². The average molecular weight is 605 g/mol. The van der Waals surface area contributed by atoms with Crippen LogP contribution in [0.4, 0.5) is 5.13 Å². The Morgan fingerprint density at radius 1 is 1.35 bits per heavy atom. The number of nitrogens with two attached hydrogens (primary N) is 1. The van der Waals surface area contributed by atoms with Gasteiger partial charge in [0.15, 0.2) is 28.1 Å². The van der Waals surface area contributed by atoms with Crippen molar-refractivity contribution in [1.82, 2.24) is 20.2 Å². The van der Waals surface area contributed by atoms with Crippen LogP contribution in [0.5, 0.6) is 11.5 Å². The molecule has 1 aromatic carbocycles. The van der Waals surface area contributed by atoms with E-state index in [0.717, 1.165) is 28.0 Å². The van der Waals surface area contributed by atoms with Crippen molar-refractivity contribution in [2.24, 2.45) is 5.16 Å². The quantitative estimate of drug-likeness (QED) is 0.0774. The smallest absolute Gasteiger partial charge is 0.352 e. The lowest BCUT2D eigenvalue weighted by Gasteiger charge is -2.49. The number of nitrogens with zero attached hydrogens (tertiary/aromatic N) is 4. The van der Waals surface area contributed by atoms with Crippen LogP contribution < -0.4 is 11.1 Å². The lowest BCUT2D eigenvalue weighted by molar-refractivity contribution is -0.150. The fourth-order valence-electron chi connectivity index (χ4n) is 3.98. The number of oxime groups is 1. The summed E-state index contributed by atoms with van der Waals surface area (Å²) in [5.74, 6) is -2.33. The molecule has 0 aliphatic carbocycles. The van der Waals surface area contributed by atoms with Crippen molar-refractivity contribution in [2.75, 3.05) is 24.3 Å². The van der Waals surface area contributed by atoms with E-state index in [-0.39, 0.29) is 50.5 Å². The number of oxazole rings is 1. The van der Waals surface area contributed by atoms with E-state index in [1.54, 1.807) is 6.07 Å². The fraction of sp³-hybridized carbons (Fsp3) is 0.217. The largest absolute Gasteiger partial charge is 0.504 e. The first-order chi connectivity index (χ1) is 19.2. The first-order valence-electron chi connectivity index (χ1n) is 11.3. The number of carbonyl (C=O) groups is 3. The van der Waals surface area contributed by atoms with Crippen LogP contribution in [0.3, 0.4) is 0 Å². The number of carboxylic acid groups (broad SMARTS) is 1. The van der Waals surface area contributed by atoms with Crippen molar-refractivity contribution in [1.29, 1.82) is 0 Å². The number of nitrogens with one attached hydrogen (secondary N) is 1. The molecular weight excluding hydrogens is 584 g/mol. The zero-order valence-electron chi connectivity index (χ0n) is 20.4. The average Bonchev–Trinajstić information content (AvgIpc) is 3.59. The van der Waals surface area contributed by atoms with E-state index in [0.29, 0.717) is 16.9 Å². The van der Waals surface area contributed by atoms with Crippen LogP contribution in [0.25, 0.3) is 11.3 Å². The van der Waals surface area contributed by atoms with Crippen molar-refractivity contribution in [3.8, 4) is 22.8 Å². The number of phenolic OH excluding ortho intramolecular Hbond substituents is 2. The van der Waals surface area contributed by atoms with Crippen LogP contribution in [0.15, 0.2) is 55.8 Å². The molecule has 4 heterocycles. The number of aliphatic carboxylic acids is 1. The Labute approximate surface area is 237 Å². The Morgan fingerprint density at radius 2 is 2.15 bits per heavy atom. The molecule has 1 fully saturated rings. The predicted octanol–water partition coefficient (Wildman–Crippen LogP) is 1.67. The number of amides is 2. The lowest BCUT2D eigenvalue weighted by atomic mass is 10.0. The summed E-state index contributed by atoms with van der Waals surface area (Å²) in [6.45, 7) is 0. The first kappa shape index (κ1) is 27.4. The van der Waals surface area contributed by atoms with Gasteiger partial charge >= 0.3 is 5.97 Å². The highest BCUT2D eigenvalue weighted by Crippen LogP contribution is 2.42. The number of aromatic hydroxyl groups is 2. The maximum Gasteiger partial charge on any atom is 0.352 e. The maximum atomic E-state index is 13.0. The van der Waals surface area contributed by atoms with E-state index in [4.69, 9.17) is 15.0 Å². The zero-order chi connectivity index (χ0) is 28.6. The number of anilines is 1. The Kier molecular flexibility index (Phi) is 7.59. The molecule has 2 aliphatic rings. The van der Waals surface area contributed by atoms with Crippen LogP contribution in [-0.2, 0) is 19.2 Å². The molecule has 2 aromatic heterocycles. The van der Waals surface area contributed by atoms with Gasteiger partial charge in [-0.3, -0.25) is 14.5 Å². The number of hydrogen-bond donors (Lipinski definition) is 5. The van der Waals surface area contributed by atoms with Crippen molar-refractivity contribution in [3.63, 3.8) is 0 Å². The summed E-state index contributed by atoms with van der Waals surface area (Å²) in [4.78, 5) is 52.2. The molecule has 1 saturated heterocycles. The molecule has 6 N–H and O–H groups in total. The Morgan fingerprint density at radius 3 is 2.83 bits per heavy atom. The third kappa shape index (κ3) is 5.17.